The molecular weight excluding hydrogens is 450 g/mol. The Morgan fingerprint density at radius 2 is 1.97 bits per heavy atom. The van der Waals surface area contributed by atoms with Crippen molar-refractivity contribution in [3.05, 3.63) is 58.9 Å². The molecule has 0 fully saturated rings. The van der Waals surface area contributed by atoms with Crippen molar-refractivity contribution in [2.24, 2.45) is 0 Å². The van der Waals surface area contributed by atoms with Crippen molar-refractivity contribution in [2.45, 2.75) is 36.2 Å². The zero-order chi connectivity index (χ0) is 22.7. The number of para-hydroxylation sites is 2. The topological polar surface area (TPSA) is 90.3 Å². The van der Waals surface area contributed by atoms with E-state index in [1.54, 1.807) is 32.4 Å². The lowest BCUT2D eigenvalue weighted by Gasteiger charge is -2.33. The average molecular weight is 474 g/mol. The number of thioether (sulfide) groups is 1. The molecule has 32 heavy (non-hydrogen) atoms. The van der Waals surface area contributed by atoms with E-state index in [1.807, 2.05) is 28.9 Å². The smallest absolute Gasteiger partial charge is 0.240 e. The Morgan fingerprint density at radius 3 is 2.69 bits per heavy atom. The maximum atomic E-state index is 13.4. The first kappa shape index (κ1) is 22.3. The summed E-state index contributed by atoms with van der Waals surface area (Å²) in [6.45, 7) is 2.09. The van der Waals surface area contributed by atoms with Gasteiger partial charge in [0.05, 0.1) is 31.0 Å². The molecule has 2 atom stereocenters. The van der Waals surface area contributed by atoms with Crippen molar-refractivity contribution in [3.63, 3.8) is 0 Å². The molecule has 8 nitrogen and oxygen atoms in total. The highest BCUT2D eigenvalue weighted by atomic mass is 35.5. The second-order valence-electron chi connectivity index (χ2n) is 7.21. The Balaban J connectivity index is 1.70. The number of nitrogens with zero attached hydrogens (tertiary/aromatic N) is 3. The van der Waals surface area contributed by atoms with Crippen molar-refractivity contribution in [1.29, 1.82) is 0 Å². The molecule has 2 N–H and O–H groups in total. The highest BCUT2D eigenvalue weighted by Crippen LogP contribution is 2.40. The van der Waals surface area contributed by atoms with Crippen LogP contribution in [0.15, 0.2) is 47.6 Å². The molecule has 1 aliphatic heterocycles. The lowest BCUT2D eigenvalue weighted by atomic mass is 10.0. The Labute approximate surface area is 195 Å². The number of aromatic nitrogens is 3. The average Bonchev–Trinajstić information content (AvgIpc) is 3.20. The molecule has 2 heterocycles. The van der Waals surface area contributed by atoms with Gasteiger partial charge in [0.1, 0.15) is 16.7 Å². The third kappa shape index (κ3) is 4.35. The van der Waals surface area contributed by atoms with Gasteiger partial charge in [-0.05, 0) is 36.2 Å². The molecular formula is C22H24ClN5O3S. The van der Waals surface area contributed by atoms with E-state index >= 15 is 0 Å². The van der Waals surface area contributed by atoms with Crippen LogP contribution in [0.25, 0.3) is 0 Å². The van der Waals surface area contributed by atoms with Gasteiger partial charge in [0.15, 0.2) is 5.82 Å². The van der Waals surface area contributed by atoms with Crippen LogP contribution in [-0.2, 0) is 11.2 Å². The molecule has 4 rings (SSSR count). The van der Waals surface area contributed by atoms with Crippen LogP contribution in [0.4, 0.5) is 5.69 Å². The number of amides is 1. The van der Waals surface area contributed by atoms with Crippen LogP contribution in [0, 0.1) is 0 Å². The van der Waals surface area contributed by atoms with Gasteiger partial charge in [-0.1, -0.05) is 48.5 Å². The van der Waals surface area contributed by atoms with Gasteiger partial charge in [0.2, 0.25) is 11.1 Å². The number of nitrogens with one attached hydrogen (secondary N) is 2. The van der Waals surface area contributed by atoms with Crippen LogP contribution in [-0.4, -0.2) is 40.3 Å². The first-order valence-corrected chi connectivity index (χ1v) is 11.5. The molecule has 3 aromatic rings. The molecule has 0 bridgehead atoms. The zero-order valence-electron chi connectivity index (χ0n) is 18.0. The van der Waals surface area contributed by atoms with Crippen molar-refractivity contribution >= 4 is 35.0 Å². The third-order valence-corrected chi connectivity index (χ3v) is 6.65. The van der Waals surface area contributed by atoms with E-state index in [2.05, 4.69) is 27.9 Å². The van der Waals surface area contributed by atoms with Crippen molar-refractivity contribution in [1.82, 2.24) is 14.9 Å². The molecule has 0 unspecified atom stereocenters. The Hall–Kier alpha value is -2.91. The molecule has 1 aromatic heterocycles. The monoisotopic (exact) mass is 473 g/mol. The van der Waals surface area contributed by atoms with Crippen LogP contribution >= 0.6 is 23.4 Å². The summed E-state index contributed by atoms with van der Waals surface area (Å²) in [7, 11) is 3.14. The van der Waals surface area contributed by atoms with Crippen LogP contribution in [0.5, 0.6) is 11.5 Å². The number of rotatable bonds is 7. The predicted octanol–water partition coefficient (Wildman–Crippen LogP) is 4.30. The molecule has 2 aromatic carbocycles. The molecule has 10 heteroatoms. The van der Waals surface area contributed by atoms with Gasteiger partial charge in [-0.3, -0.25) is 4.79 Å². The maximum absolute atomic E-state index is 13.4. The van der Waals surface area contributed by atoms with E-state index in [0.717, 1.165) is 24.2 Å². The third-order valence-electron chi connectivity index (χ3n) is 5.14. The fraction of sp³-hybridized carbons (Fsp3) is 0.318. The second kappa shape index (κ2) is 9.70. The first-order chi connectivity index (χ1) is 15.5. The molecule has 0 saturated carbocycles. The number of benzene rings is 2. The molecule has 168 valence electrons. The lowest BCUT2D eigenvalue weighted by molar-refractivity contribution is -0.116. The highest BCUT2D eigenvalue weighted by molar-refractivity contribution is 8.00. The summed E-state index contributed by atoms with van der Waals surface area (Å²) < 4.78 is 12.5. The van der Waals surface area contributed by atoms with Gasteiger partial charge in [0, 0.05) is 6.42 Å². The maximum Gasteiger partial charge on any atom is 0.240 e. The number of hydrogen-bond acceptors (Lipinski definition) is 7. The minimum atomic E-state index is -0.532. The van der Waals surface area contributed by atoms with Gasteiger partial charge in [-0.25, -0.2) is 4.68 Å². The van der Waals surface area contributed by atoms with E-state index in [0.29, 0.717) is 27.4 Å². The number of fused-ring (bicyclic) bond motifs is 1. The predicted molar refractivity (Wildman–Crippen MR) is 125 cm³/mol. The number of halogens is 1. The summed E-state index contributed by atoms with van der Waals surface area (Å²) >= 11 is 7.76. The van der Waals surface area contributed by atoms with E-state index in [4.69, 9.17) is 21.1 Å². The SMILES string of the molecule is CCCc1nnc2n1N[C@H](c1ccc(OC)c(Cl)c1)[C@@H](C(=O)Nc1ccccc1OC)S2. The molecule has 0 aliphatic carbocycles. The van der Waals surface area contributed by atoms with Crippen LogP contribution in [0.3, 0.4) is 0 Å². The second-order valence-corrected chi connectivity index (χ2v) is 8.73. The Morgan fingerprint density at radius 1 is 1.19 bits per heavy atom. The number of methoxy groups -OCH3 is 2. The molecule has 0 spiro atoms. The molecule has 1 aliphatic rings. The van der Waals surface area contributed by atoms with Crippen molar-refractivity contribution in [3.8, 4) is 11.5 Å². The first-order valence-electron chi connectivity index (χ1n) is 10.2. The summed E-state index contributed by atoms with van der Waals surface area (Å²) in [5.74, 6) is 1.80. The van der Waals surface area contributed by atoms with Crippen LogP contribution < -0.4 is 20.2 Å². The fourth-order valence-electron chi connectivity index (χ4n) is 3.56. The van der Waals surface area contributed by atoms with E-state index in [1.165, 1.54) is 11.8 Å². The highest BCUT2D eigenvalue weighted by Gasteiger charge is 2.38. The van der Waals surface area contributed by atoms with Crippen LogP contribution in [0.2, 0.25) is 5.02 Å². The number of carbonyl (C=O) groups excluding carboxylic acids is 1. The Bertz CT molecular complexity index is 1120. The quantitative estimate of drug-likeness (QED) is 0.528. The summed E-state index contributed by atoms with van der Waals surface area (Å²) in [5, 5.41) is 12.2. The van der Waals surface area contributed by atoms with Crippen molar-refractivity contribution in [2.75, 3.05) is 25.0 Å². The number of anilines is 1. The zero-order valence-corrected chi connectivity index (χ0v) is 19.5. The van der Waals surface area contributed by atoms with Crippen molar-refractivity contribution < 1.29 is 14.3 Å². The summed E-state index contributed by atoms with van der Waals surface area (Å²) in [5.41, 5.74) is 4.89. The van der Waals surface area contributed by atoms with Gasteiger partial charge in [0.25, 0.3) is 0 Å². The Kier molecular flexibility index (Phi) is 6.76. The number of hydrogen-bond donors (Lipinski definition) is 2. The molecule has 1 amide bonds. The lowest BCUT2D eigenvalue weighted by Crippen LogP contribution is -2.41. The van der Waals surface area contributed by atoms with Gasteiger partial charge < -0.3 is 20.2 Å². The van der Waals surface area contributed by atoms with Gasteiger partial charge in [-0.15, -0.1) is 10.2 Å². The van der Waals surface area contributed by atoms with Gasteiger partial charge in [-0.2, -0.15) is 0 Å². The summed E-state index contributed by atoms with van der Waals surface area (Å²) in [6.07, 6.45) is 1.70. The normalized spacial score (nSPS) is 17.2. The minimum absolute atomic E-state index is 0.185. The molecule has 0 radical (unpaired) electrons. The largest absolute Gasteiger partial charge is 0.495 e. The summed E-state index contributed by atoms with van der Waals surface area (Å²) in [6, 6.07) is 12.4. The number of carbonyl (C=O) groups is 1. The standard InChI is InChI=1S/C22H24ClN5O3S/c1-4-7-18-25-26-22-28(18)27-19(13-10-11-16(30-2)14(23)12-13)20(32-22)21(29)24-15-8-5-6-9-17(15)31-3/h5-6,8-12,19-20,27H,4,7H2,1-3H3,(H,24,29)/t19-,20+/m1/s1. The van der Waals surface area contributed by atoms with E-state index < -0.39 is 5.25 Å². The molecule has 0 saturated heterocycles. The number of ether oxygens (including phenoxy) is 2. The van der Waals surface area contributed by atoms with E-state index in [-0.39, 0.29) is 11.9 Å². The van der Waals surface area contributed by atoms with Crippen LogP contribution in [0.1, 0.15) is 30.8 Å². The van der Waals surface area contributed by atoms with Gasteiger partial charge >= 0.3 is 0 Å². The number of aryl methyl sites for hydroxylation is 1. The van der Waals surface area contributed by atoms with E-state index in [9.17, 15) is 4.79 Å². The summed E-state index contributed by atoms with van der Waals surface area (Å²) in [4.78, 5) is 13.4. The fourth-order valence-corrected chi connectivity index (χ4v) is 4.93. The minimum Gasteiger partial charge on any atom is -0.495 e.